The zero-order valence-corrected chi connectivity index (χ0v) is 17.1. The highest BCUT2D eigenvalue weighted by molar-refractivity contribution is 5.89. The highest BCUT2D eigenvalue weighted by Crippen LogP contribution is 2.33. The Morgan fingerprint density at radius 1 is 1.17 bits per heavy atom. The molecule has 0 aliphatic carbocycles. The van der Waals surface area contributed by atoms with Gasteiger partial charge in [0.1, 0.15) is 30.1 Å². The predicted octanol–water partition coefficient (Wildman–Crippen LogP) is 4.32. The van der Waals surface area contributed by atoms with Gasteiger partial charge < -0.3 is 18.6 Å². The monoisotopic (exact) mass is 409 g/mol. The quantitative estimate of drug-likeness (QED) is 0.581. The highest BCUT2D eigenvalue weighted by Gasteiger charge is 2.24. The van der Waals surface area contributed by atoms with Crippen molar-refractivity contribution in [3.63, 3.8) is 0 Å². The third-order valence-electron chi connectivity index (χ3n) is 5.04. The third-order valence-corrected chi connectivity index (χ3v) is 5.04. The summed E-state index contributed by atoms with van der Waals surface area (Å²) in [5, 5.41) is 0.434. The number of rotatable bonds is 5. The van der Waals surface area contributed by atoms with Gasteiger partial charge in [-0.15, -0.1) is 0 Å². The summed E-state index contributed by atoms with van der Waals surface area (Å²) in [5.74, 6) is 0.813. The molecule has 2 heterocycles. The van der Waals surface area contributed by atoms with E-state index in [-0.39, 0.29) is 11.2 Å². The summed E-state index contributed by atoms with van der Waals surface area (Å²) in [4.78, 5) is 26.9. The van der Waals surface area contributed by atoms with Crippen molar-refractivity contribution in [2.75, 3.05) is 13.3 Å². The van der Waals surface area contributed by atoms with Crippen molar-refractivity contribution in [1.82, 2.24) is 4.90 Å². The molecule has 3 aromatic rings. The van der Waals surface area contributed by atoms with Gasteiger partial charge in [-0.3, -0.25) is 9.69 Å². The van der Waals surface area contributed by atoms with Crippen molar-refractivity contribution in [3.05, 3.63) is 64.0 Å². The first-order valence-electron chi connectivity index (χ1n) is 9.87. The summed E-state index contributed by atoms with van der Waals surface area (Å²) in [7, 11) is 0. The maximum absolute atomic E-state index is 13.0. The molecule has 0 saturated heterocycles. The molecule has 0 spiro atoms. The molecule has 7 nitrogen and oxygen atoms in total. The van der Waals surface area contributed by atoms with Crippen molar-refractivity contribution in [3.8, 4) is 17.2 Å². The van der Waals surface area contributed by atoms with E-state index in [4.69, 9.17) is 18.6 Å². The standard InChI is InChI=1S/C23H23NO6/c1-4-27-23(26)15-5-7-16(8-6-15)30-20-12-28-22-17(21(20)25)9-10-19-18(22)11-24(13-29-19)14(2)3/h5-10,12,14H,4,11,13H2,1-3H3. The number of hydrogen-bond acceptors (Lipinski definition) is 7. The number of benzene rings is 2. The lowest BCUT2D eigenvalue weighted by atomic mass is 10.1. The van der Waals surface area contributed by atoms with Crippen molar-refractivity contribution >= 4 is 16.9 Å². The van der Waals surface area contributed by atoms with Gasteiger partial charge in [0.25, 0.3) is 0 Å². The number of ether oxygens (including phenoxy) is 3. The Kier molecular flexibility index (Phi) is 5.46. The second-order valence-electron chi connectivity index (χ2n) is 7.31. The van der Waals surface area contributed by atoms with Gasteiger partial charge >= 0.3 is 5.97 Å². The van der Waals surface area contributed by atoms with Crippen molar-refractivity contribution in [2.24, 2.45) is 0 Å². The first-order valence-corrected chi connectivity index (χ1v) is 9.87. The van der Waals surface area contributed by atoms with Gasteiger partial charge in [-0.25, -0.2) is 4.79 Å². The molecule has 1 aromatic heterocycles. The first-order chi connectivity index (χ1) is 14.5. The van der Waals surface area contributed by atoms with E-state index in [0.717, 1.165) is 11.3 Å². The molecule has 2 aromatic carbocycles. The van der Waals surface area contributed by atoms with Crippen LogP contribution < -0.4 is 14.9 Å². The SMILES string of the molecule is CCOC(=O)c1ccc(Oc2coc3c4c(ccc3c2=O)OCN(C(C)C)C4)cc1. The lowest BCUT2D eigenvalue weighted by Crippen LogP contribution is -2.37. The molecule has 1 aliphatic rings. The van der Waals surface area contributed by atoms with Crippen molar-refractivity contribution < 1.29 is 23.4 Å². The lowest BCUT2D eigenvalue weighted by molar-refractivity contribution is 0.0526. The number of carbonyl (C=O) groups is 1. The molecule has 0 N–H and O–H groups in total. The molecule has 156 valence electrons. The summed E-state index contributed by atoms with van der Waals surface area (Å²) >= 11 is 0. The first kappa shape index (κ1) is 20.0. The summed E-state index contributed by atoms with van der Waals surface area (Å²) in [6.45, 7) is 7.38. The molecule has 1 aliphatic heterocycles. The van der Waals surface area contributed by atoms with Crippen molar-refractivity contribution in [1.29, 1.82) is 0 Å². The van der Waals surface area contributed by atoms with Gasteiger partial charge in [-0.1, -0.05) is 0 Å². The van der Waals surface area contributed by atoms with Crippen LogP contribution in [0.3, 0.4) is 0 Å². The van der Waals surface area contributed by atoms with E-state index in [0.29, 0.717) is 48.2 Å². The van der Waals surface area contributed by atoms with Crippen LogP contribution in [-0.2, 0) is 11.3 Å². The van der Waals surface area contributed by atoms with Gasteiger partial charge in [0.2, 0.25) is 11.2 Å². The van der Waals surface area contributed by atoms with Gasteiger partial charge in [0.15, 0.2) is 0 Å². The summed E-state index contributed by atoms with van der Waals surface area (Å²) in [6, 6.07) is 10.2. The smallest absolute Gasteiger partial charge is 0.338 e. The number of nitrogens with zero attached hydrogens (tertiary/aromatic N) is 1. The Balaban J connectivity index is 1.63. The van der Waals surface area contributed by atoms with Gasteiger partial charge in [0, 0.05) is 12.6 Å². The maximum atomic E-state index is 13.0. The molecular weight excluding hydrogens is 386 g/mol. The van der Waals surface area contributed by atoms with Crippen LogP contribution in [0.25, 0.3) is 11.0 Å². The van der Waals surface area contributed by atoms with Crippen LogP contribution in [0.5, 0.6) is 17.2 Å². The van der Waals surface area contributed by atoms with E-state index in [9.17, 15) is 9.59 Å². The molecule has 0 radical (unpaired) electrons. The second kappa shape index (κ2) is 8.20. The summed E-state index contributed by atoms with van der Waals surface area (Å²) in [5.41, 5.74) is 1.51. The van der Waals surface area contributed by atoms with Crippen LogP contribution in [0.4, 0.5) is 0 Å². The molecule has 0 atom stereocenters. The van der Waals surface area contributed by atoms with Gasteiger partial charge in [-0.05, 0) is 57.2 Å². The minimum atomic E-state index is -0.406. The zero-order chi connectivity index (χ0) is 21.3. The van der Waals surface area contributed by atoms with E-state index in [2.05, 4.69) is 18.7 Å². The van der Waals surface area contributed by atoms with Crippen LogP contribution in [0.2, 0.25) is 0 Å². The average molecular weight is 409 g/mol. The predicted molar refractivity (Wildman–Crippen MR) is 111 cm³/mol. The molecule has 0 unspecified atom stereocenters. The van der Waals surface area contributed by atoms with Crippen LogP contribution in [-0.4, -0.2) is 30.2 Å². The average Bonchev–Trinajstić information content (AvgIpc) is 2.75. The normalized spacial score (nSPS) is 13.7. The zero-order valence-electron chi connectivity index (χ0n) is 17.1. The Morgan fingerprint density at radius 2 is 1.93 bits per heavy atom. The van der Waals surface area contributed by atoms with Crippen LogP contribution >= 0.6 is 0 Å². The topological polar surface area (TPSA) is 78.2 Å². The van der Waals surface area contributed by atoms with E-state index in [1.165, 1.54) is 6.26 Å². The fraction of sp³-hybridized carbons (Fsp3) is 0.304. The molecular formula is C23H23NO6. The fourth-order valence-electron chi connectivity index (χ4n) is 3.31. The van der Waals surface area contributed by atoms with E-state index in [1.807, 2.05) is 0 Å². The minimum Gasteiger partial charge on any atom is -0.478 e. The molecule has 4 rings (SSSR count). The number of hydrogen-bond donors (Lipinski definition) is 0. The molecule has 0 amide bonds. The van der Waals surface area contributed by atoms with Crippen molar-refractivity contribution in [2.45, 2.75) is 33.4 Å². The number of carbonyl (C=O) groups excluding carboxylic acids is 1. The molecule has 30 heavy (non-hydrogen) atoms. The Labute approximate surface area is 173 Å². The van der Waals surface area contributed by atoms with Crippen LogP contribution in [0, 0.1) is 0 Å². The van der Waals surface area contributed by atoms with E-state index >= 15 is 0 Å². The Morgan fingerprint density at radius 3 is 2.63 bits per heavy atom. The molecule has 0 bridgehead atoms. The largest absolute Gasteiger partial charge is 0.478 e. The third kappa shape index (κ3) is 3.76. The van der Waals surface area contributed by atoms with Crippen LogP contribution in [0.15, 0.2) is 51.9 Å². The summed E-state index contributed by atoms with van der Waals surface area (Å²) < 4.78 is 22.3. The Bertz CT molecular complexity index is 1130. The Hall–Kier alpha value is -3.32. The number of fused-ring (bicyclic) bond motifs is 3. The van der Waals surface area contributed by atoms with E-state index < -0.39 is 5.97 Å². The fourth-order valence-corrected chi connectivity index (χ4v) is 3.31. The highest BCUT2D eigenvalue weighted by atomic mass is 16.5. The summed E-state index contributed by atoms with van der Waals surface area (Å²) in [6.07, 6.45) is 1.32. The van der Waals surface area contributed by atoms with E-state index in [1.54, 1.807) is 43.3 Å². The molecule has 0 saturated carbocycles. The minimum absolute atomic E-state index is 0.0729. The van der Waals surface area contributed by atoms with Gasteiger partial charge in [-0.2, -0.15) is 0 Å². The maximum Gasteiger partial charge on any atom is 0.338 e. The van der Waals surface area contributed by atoms with Crippen LogP contribution in [0.1, 0.15) is 36.7 Å². The molecule has 7 heteroatoms. The molecule has 0 fully saturated rings. The second-order valence-corrected chi connectivity index (χ2v) is 7.31. The number of esters is 1. The lowest BCUT2D eigenvalue weighted by Gasteiger charge is -2.31. The van der Waals surface area contributed by atoms with Gasteiger partial charge in [0.05, 0.1) is 23.1 Å².